The Hall–Kier alpha value is -1.27. The molecule has 0 amide bonds. The third-order valence-electron chi connectivity index (χ3n) is 2.97. The van der Waals surface area contributed by atoms with Gasteiger partial charge in [0.2, 0.25) is 0 Å². The molecule has 1 rings (SSSR count). The highest BCUT2D eigenvalue weighted by Crippen LogP contribution is 2.24. The number of nitrogen functional groups attached to an aromatic ring is 1. The van der Waals surface area contributed by atoms with E-state index in [9.17, 15) is 8.42 Å². The summed E-state index contributed by atoms with van der Waals surface area (Å²) in [6.07, 6.45) is 1.16. The van der Waals surface area contributed by atoms with Crippen molar-refractivity contribution >= 4 is 15.5 Å². The van der Waals surface area contributed by atoms with Crippen molar-refractivity contribution in [3.63, 3.8) is 0 Å². The van der Waals surface area contributed by atoms with Crippen molar-refractivity contribution in [3.8, 4) is 5.75 Å². The van der Waals surface area contributed by atoms with Gasteiger partial charge in [-0.25, -0.2) is 8.42 Å². The number of hydrogen-bond donors (Lipinski definition) is 1. The summed E-state index contributed by atoms with van der Waals surface area (Å²) in [6, 6.07) is 4.55. The van der Waals surface area contributed by atoms with E-state index in [1.54, 1.807) is 6.07 Å². The van der Waals surface area contributed by atoms with Crippen LogP contribution < -0.4 is 10.5 Å². The van der Waals surface area contributed by atoms with E-state index in [-0.39, 0.29) is 4.90 Å². The maximum atomic E-state index is 11.4. The monoisotopic (exact) mass is 286 g/mol. The lowest BCUT2D eigenvalue weighted by Gasteiger charge is -2.18. The van der Waals surface area contributed by atoms with Gasteiger partial charge in [0, 0.05) is 12.8 Å². The fourth-order valence-corrected chi connectivity index (χ4v) is 2.37. The number of nitrogens with two attached hydrogens (primary N) is 1. The van der Waals surface area contributed by atoms with Gasteiger partial charge >= 0.3 is 0 Å². The van der Waals surface area contributed by atoms with Crippen LogP contribution >= 0.6 is 0 Å². The number of rotatable bonds is 7. The molecular weight excluding hydrogens is 264 g/mol. The fourth-order valence-electron chi connectivity index (χ4n) is 1.71. The molecular formula is C13H22N2O3S. The summed E-state index contributed by atoms with van der Waals surface area (Å²) in [5.74, 6) is 0.527. The van der Waals surface area contributed by atoms with E-state index < -0.39 is 9.84 Å². The first-order valence-electron chi connectivity index (χ1n) is 6.33. The van der Waals surface area contributed by atoms with Gasteiger partial charge in [-0.2, -0.15) is 0 Å². The average molecular weight is 286 g/mol. The molecule has 1 aromatic rings. The second-order valence-corrected chi connectivity index (χ2v) is 6.36. The van der Waals surface area contributed by atoms with Gasteiger partial charge in [-0.05, 0) is 31.3 Å². The first kappa shape index (κ1) is 15.8. The van der Waals surface area contributed by atoms with E-state index in [1.165, 1.54) is 12.1 Å². The van der Waals surface area contributed by atoms with Crippen LogP contribution in [0.2, 0.25) is 0 Å². The molecule has 0 fully saturated rings. The van der Waals surface area contributed by atoms with Gasteiger partial charge in [0.05, 0.1) is 10.6 Å². The zero-order valence-electron chi connectivity index (χ0n) is 11.7. The summed E-state index contributed by atoms with van der Waals surface area (Å²) in [5.41, 5.74) is 6.15. The zero-order valence-corrected chi connectivity index (χ0v) is 12.5. The number of anilines is 1. The standard InChI is InChI=1S/C13H22N2O3S/c1-4-15(5-2)8-9-18-13-7-6-11(10-12(13)14)19(3,16)17/h6-7,10H,4-5,8-9,14H2,1-3H3. The largest absolute Gasteiger partial charge is 0.490 e. The fraction of sp³-hybridized carbons (Fsp3) is 0.538. The molecule has 5 nitrogen and oxygen atoms in total. The van der Waals surface area contributed by atoms with Gasteiger partial charge in [0.25, 0.3) is 0 Å². The molecule has 0 saturated heterocycles. The molecule has 0 atom stereocenters. The van der Waals surface area contributed by atoms with Crippen molar-refractivity contribution in [1.29, 1.82) is 0 Å². The first-order chi connectivity index (χ1) is 8.88. The minimum absolute atomic E-state index is 0.209. The van der Waals surface area contributed by atoms with Gasteiger partial charge < -0.3 is 15.4 Å². The molecule has 0 spiro atoms. The third kappa shape index (κ3) is 4.72. The van der Waals surface area contributed by atoms with Crippen LogP contribution in [-0.4, -0.2) is 45.8 Å². The molecule has 1 aromatic carbocycles. The number of benzene rings is 1. The Bertz CT molecular complexity index is 511. The van der Waals surface area contributed by atoms with Crippen molar-refractivity contribution in [2.24, 2.45) is 0 Å². The van der Waals surface area contributed by atoms with Crippen molar-refractivity contribution in [1.82, 2.24) is 4.90 Å². The van der Waals surface area contributed by atoms with Gasteiger partial charge in [-0.1, -0.05) is 13.8 Å². The third-order valence-corrected chi connectivity index (χ3v) is 4.08. The van der Waals surface area contributed by atoms with E-state index in [0.717, 1.165) is 25.9 Å². The van der Waals surface area contributed by atoms with E-state index in [4.69, 9.17) is 10.5 Å². The minimum Gasteiger partial charge on any atom is -0.490 e. The molecule has 0 aliphatic carbocycles. The maximum Gasteiger partial charge on any atom is 0.175 e. The molecule has 0 aromatic heterocycles. The smallest absolute Gasteiger partial charge is 0.175 e. The van der Waals surface area contributed by atoms with Crippen LogP contribution in [0.25, 0.3) is 0 Å². The molecule has 2 N–H and O–H groups in total. The SMILES string of the molecule is CCN(CC)CCOc1ccc(S(C)(=O)=O)cc1N. The maximum absolute atomic E-state index is 11.4. The number of hydrogen-bond acceptors (Lipinski definition) is 5. The van der Waals surface area contributed by atoms with Crippen LogP contribution in [0, 0.1) is 0 Å². The Morgan fingerprint density at radius 1 is 1.26 bits per heavy atom. The molecule has 0 radical (unpaired) electrons. The zero-order chi connectivity index (χ0) is 14.5. The molecule has 6 heteroatoms. The summed E-state index contributed by atoms with van der Waals surface area (Å²) in [6.45, 7) is 7.49. The predicted molar refractivity (Wildman–Crippen MR) is 77.2 cm³/mol. The number of ether oxygens (including phenoxy) is 1. The van der Waals surface area contributed by atoms with Gasteiger partial charge in [-0.3, -0.25) is 0 Å². The molecule has 19 heavy (non-hydrogen) atoms. The molecule has 0 aliphatic heterocycles. The first-order valence-corrected chi connectivity index (χ1v) is 8.22. The van der Waals surface area contributed by atoms with Crippen LogP contribution in [-0.2, 0) is 9.84 Å². The summed E-state index contributed by atoms with van der Waals surface area (Å²) in [5, 5.41) is 0. The summed E-state index contributed by atoms with van der Waals surface area (Å²) in [7, 11) is -3.23. The second-order valence-electron chi connectivity index (χ2n) is 4.35. The summed E-state index contributed by atoms with van der Waals surface area (Å²) in [4.78, 5) is 2.45. The molecule has 0 heterocycles. The van der Waals surface area contributed by atoms with Crippen LogP contribution in [0.5, 0.6) is 5.75 Å². The molecule has 108 valence electrons. The minimum atomic E-state index is -3.23. The van der Waals surface area contributed by atoms with Crippen molar-refractivity contribution < 1.29 is 13.2 Å². The Morgan fingerprint density at radius 3 is 2.37 bits per heavy atom. The number of nitrogens with zero attached hydrogens (tertiary/aromatic N) is 1. The van der Waals surface area contributed by atoms with Crippen LogP contribution in [0.15, 0.2) is 23.1 Å². The van der Waals surface area contributed by atoms with Crippen LogP contribution in [0.3, 0.4) is 0 Å². The van der Waals surface area contributed by atoms with E-state index >= 15 is 0 Å². The van der Waals surface area contributed by atoms with Crippen LogP contribution in [0.4, 0.5) is 5.69 Å². The highest BCUT2D eigenvalue weighted by Gasteiger charge is 2.10. The Labute approximate surface area is 115 Å². The quantitative estimate of drug-likeness (QED) is 0.767. The highest BCUT2D eigenvalue weighted by molar-refractivity contribution is 7.90. The lowest BCUT2D eigenvalue weighted by molar-refractivity contribution is 0.223. The highest BCUT2D eigenvalue weighted by atomic mass is 32.2. The van der Waals surface area contributed by atoms with Crippen LogP contribution in [0.1, 0.15) is 13.8 Å². The second kappa shape index (κ2) is 6.77. The Balaban J connectivity index is 2.66. The van der Waals surface area contributed by atoms with Gasteiger partial charge in [0.1, 0.15) is 12.4 Å². The Morgan fingerprint density at radius 2 is 1.89 bits per heavy atom. The number of likely N-dealkylation sites (N-methyl/N-ethyl adjacent to an activating group) is 1. The van der Waals surface area contributed by atoms with Crippen molar-refractivity contribution in [3.05, 3.63) is 18.2 Å². The predicted octanol–water partition coefficient (Wildman–Crippen LogP) is 1.39. The Kier molecular flexibility index (Phi) is 5.62. The molecule has 0 unspecified atom stereocenters. The van der Waals surface area contributed by atoms with E-state index in [1.807, 2.05) is 0 Å². The molecule has 0 bridgehead atoms. The molecule has 0 aliphatic rings. The topological polar surface area (TPSA) is 72.6 Å². The number of sulfone groups is 1. The van der Waals surface area contributed by atoms with Gasteiger partial charge in [-0.15, -0.1) is 0 Å². The summed E-state index contributed by atoms with van der Waals surface area (Å²) < 4.78 is 28.3. The normalized spacial score (nSPS) is 11.8. The molecule has 0 saturated carbocycles. The van der Waals surface area contributed by atoms with Gasteiger partial charge in [0.15, 0.2) is 9.84 Å². The lowest BCUT2D eigenvalue weighted by Crippen LogP contribution is -2.28. The average Bonchev–Trinajstić information content (AvgIpc) is 2.35. The summed E-state index contributed by atoms with van der Waals surface area (Å²) >= 11 is 0. The van der Waals surface area contributed by atoms with Crippen molar-refractivity contribution in [2.45, 2.75) is 18.7 Å². The van der Waals surface area contributed by atoms with E-state index in [2.05, 4.69) is 18.7 Å². The lowest BCUT2D eigenvalue weighted by atomic mass is 10.3. The van der Waals surface area contributed by atoms with Crippen molar-refractivity contribution in [2.75, 3.05) is 38.2 Å². The van der Waals surface area contributed by atoms with E-state index in [0.29, 0.717) is 18.0 Å².